The number of hydrogen-bond donors (Lipinski definition) is 2. The minimum Gasteiger partial charge on any atom is -0.355 e. The monoisotopic (exact) mass is 351 g/mol. The molecule has 3 rings (SSSR count). The van der Waals surface area contributed by atoms with Gasteiger partial charge in [0, 0.05) is 23.1 Å². The van der Waals surface area contributed by atoms with E-state index in [0.717, 1.165) is 27.0 Å². The molecule has 0 aliphatic rings. The van der Waals surface area contributed by atoms with Crippen molar-refractivity contribution in [2.75, 3.05) is 10.6 Å². The number of hydrogen-bond acceptors (Lipinski definition) is 4. The van der Waals surface area contributed by atoms with Crippen molar-refractivity contribution in [1.82, 2.24) is 4.98 Å². The van der Waals surface area contributed by atoms with Gasteiger partial charge in [-0.2, -0.15) is 0 Å². The molecule has 0 bridgehead atoms. The van der Waals surface area contributed by atoms with Crippen LogP contribution < -0.4 is 10.6 Å². The van der Waals surface area contributed by atoms with Crippen LogP contribution >= 0.6 is 11.3 Å². The average molecular weight is 351 g/mol. The molecular formula is C20H21N3OS. The Kier molecular flexibility index (Phi) is 5.14. The molecular weight excluding hydrogens is 330 g/mol. The van der Waals surface area contributed by atoms with Gasteiger partial charge in [0.2, 0.25) is 5.91 Å². The zero-order chi connectivity index (χ0) is 17.8. The first kappa shape index (κ1) is 17.2. The van der Waals surface area contributed by atoms with Crippen molar-refractivity contribution in [3.8, 4) is 11.3 Å². The topological polar surface area (TPSA) is 54.0 Å². The maximum absolute atomic E-state index is 11.1. The molecule has 4 nitrogen and oxygen atoms in total. The van der Waals surface area contributed by atoms with Gasteiger partial charge < -0.3 is 10.6 Å². The van der Waals surface area contributed by atoms with E-state index in [1.54, 1.807) is 11.3 Å². The van der Waals surface area contributed by atoms with Gasteiger partial charge in [0.15, 0.2) is 5.13 Å². The van der Waals surface area contributed by atoms with E-state index < -0.39 is 0 Å². The first-order valence-corrected chi connectivity index (χ1v) is 9.01. The summed E-state index contributed by atoms with van der Waals surface area (Å²) in [5, 5.41) is 7.17. The normalized spacial score (nSPS) is 11.8. The Bertz CT molecular complexity index is 856. The second-order valence-electron chi connectivity index (χ2n) is 5.96. The van der Waals surface area contributed by atoms with Crippen LogP contribution in [0.3, 0.4) is 0 Å². The quantitative estimate of drug-likeness (QED) is 0.660. The van der Waals surface area contributed by atoms with E-state index in [1.807, 2.05) is 42.5 Å². The Morgan fingerprint density at radius 1 is 1.08 bits per heavy atom. The number of thiazole rings is 1. The van der Waals surface area contributed by atoms with Gasteiger partial charge in [-0.1, -0.05) is 42.5 Å². The lowest BCUT2D eigenvalue weighted by Gasteiger charge is -2.12. The molecule has 0 radical (unpaired) electrons. The average Bonchev–Trinajstić information content (AvgIpc) is 2.96. The largest absolute Gasteiger partial charge is 0.355 e. The van der Waals surface area contributed by atoms with Crippen molar-refractivity contribution in [2.24, 2.45) is 0 Å². The minimum atomic E-state index is -0.0704. The predicted octanol–water partition coefficient (Wildman–Crippen LogP) is 5.25. The molecule has 1 heterocycles. The van der Waals surface area contributed by atoms with Crippen LogP contribution in [0.1, 0.15) is 30.3 Å². The van der Waals surface area contributed by atoms with E-state index in [1.165, 1.54) is 12.5 Å². The molecule has 0 saturated heterocycles. The molecule has 5 heteroatoms. The standard InChI is InChI=1S/C20H21N3OS/c1-13(16-7-5-4-6-8-16)21-20-23-19(14(2)25-20)17-9-11-18(12-10-17)22-15(3)24/h4-13H,1-3H3,(H,21,23)(H,22,24)/t13-/m1/s1. The summed E-state index contributed by atoms with van der Waals surface area (Å²) in [6.45, 7) is 5.71. The number of benzene rings is 2. The Morgan fingerprint density at radius 3 is 2.40 bits per heavy atom. The third kappa shape index (κ3) is 4.25. The lowest BCUT2D eigenvalue weighted by atomic mass is 10.1. The van der Waals surface area contributed by atoms with E-state index in [0.29, 0.717) is 0 Å². The zero-order valence-corrected chi connectivity index (χ0v) is 15.4. The number of aromatic nitrogens is 1. The molecule has 0 unspecified atom stereocenters. The van der Waals surface area contributed by atoms with Gasteiger partial charge in [0.25, 0.3) is 0 Å². The van der Waals surface area contributed by atoms with Crippen LogP contribution in [-0.2, 0) is 4.79 Å². The van der Waals surface area contributed by atoms with Gasteiger partial charge in [-0.05, 0) is 31.5 Å². The molecule has 2 N–H and O–H groups in total. The lowest BCUT2D eigenvalue weighted by Crippen LogP contribution is -2.06. The van der Waals surface area contributed by atoms with E-state index in [2.05, 4.69) is 36.6 Å². The SMILES string of the molecule is CC(=O)Nc1ccc(-c2nc(N[C@H](C)c3ccccc3)sc2C)cc1. The van der Waals surface area contributed by atoms with Crippen molar-refractivity contribution in [3.63, 3.8) is 0 Å². The molecule has 3 aromatic rings. The van der Waals surface area contributed by atoms with E-state index in [-0.39, 0.29) is 11.9 Å². The third-order valence-corrected chi connectivity index (χ3v) is 4.82. The number of rotatable bonds is 5. The smallest absolute Gasteiger partial charge is 0.221 e. The molecule has 128 valence electrons. The van der Waals surface area contributed by atoms with Gasteiger partial charge >= 0.3 is 0 Å². The van der Waals surface area contributed by atoms with Gasteiger partial charge in [0.05, 0.1) is 11.7 Å². The first-order chi connectivity index (χ1) is 12.0. The second-order valence-corrected chi connectivity index (χ2v) is 7.16. The number of nitrogens with one attached hydrogen (secondary N) is 2. The molecule has 2 aromatic carbocycles. The van der Waals surface area contributed by atoms with Gasteiger partial charge in [-0.15, -0.1) is 11.3 Å². The summed E-state index contributed by atoms with van der Waals surface area (Å²) in [6.07, 6.45) is 0. The molecule has 1 amide bonds. The molecule has 0 aliphatic heterocycles. The van der Waals surface area contributed by atoms with E-state index in [9.17, 15) is 4.79 Å². The van der Waals surface area contributed by atoms with Gasteiger partial charge in [0.1, 0.15) is 0 Å². The van der Waals surface area contributed by atoms with Crippen molar-refractivity contribution in [1.29, 1.82) is 0 Å². The molecule has 0 spiro atoms. The number of amides is 1. The number of carbonyl (C=O) groups excluding carboxylic acids is 1. The second kappa shape index (κ2) is 7.49. The fourth-order valence-electron chi connectivity index (χ4n) is 2.65. The van der Waals surface area contributed by atoms with Crippen molar-refractivity contribution in [2.45, 2.75) is 26.8 Å². The van der Waals surface area contributed by atoms with E-state index in [4.69, 9.17) is 4.98 Å². The van der Waals surface area contributed by atoms with Gasteiger partial charge in [-0.25, -0.2) is 4.98 Å². The van der Waals surface area contributed by atoms with Crippen LogP contribution in [-0.4, -0.2) is 10.9 Å². The molecule has 0 fully saturated rings. The van der Waals surface area contributed by atoms with Crippen molar-refractivity contribution < 1.29 is 4.79 Å². The number of anilines is 2. The maximum Gasteiger partial charge on any atom is 0.221 e. The fourth-order valence-corrected chi connectivity index (χ4v) is 3.57. The molecule has 25 heavy (non-hydrogen) atoms. The zero-order valence-electron chi connectivity index (χ0n) is 14.5. The van der Waals surface area contributed by atoms with Gasteiger partial charge in [-0.3, -0.25) is 4.79 Å². The first-order valence-electron chi connectivity index (χ1n) is 8.20. The van der Waals surface area contributed by atoms with Crippen LogP contribution in [0.4, 0.5) is 10.8 Å². The van der Waals surface area contributed by atoms with Crippen molar-refractivity contribution >= 4 is 28.1 Å². The number of aryl methyl sites for hydroxylation is 1. The summed E-state index contributed by atoms with van der Waals surface area (Å²) in [4.78, 5) is 17.0. The van der Waals surface area contributed by atoms with Crippen molar-refractivity contribution in [3.05, 3.63) is 65.0 Å². The minimum absolute atomic E-state index is 0.0704. The summed E-state index contributed by atoms with van der Waals surface area (Å²) >= 11 is 1.66. The molecule has 1 atom stereocenters. The summed E-state index contributed by atoms with van der Waals surface area (Å²) in [6, 6.07) is 18.3. The highest BCUT2D eigenvalue weighted by Crippen LogP contribution is 2.32. The Morgan fingerprint density at radius 2 is 1.76 bits per heavy atom. The highest BCUT2D eigenvalue weighted by Gasteiger charge is 2.12. The highest BCUT2D eigenvalue weighted by atomic mass is 32.1. The van der Waals surface area contributed by atoms with Crippen LogP contribution in [0.2, 0.25) is 0 Å². The summed E-state index contributed by atoms with van der Waals surface area (Å²) < 4.78 is 0. The Balaban J connectivity index is 1.77. The summed E-state index contributed by atoms with van der Waals surface area (Å²) in [5.41, 5.74) is 4.04. The fraction of sp³-hybridized carbons (Fsp3) is 0.200. The Hall–Kier alpha value is -2.66. The maximum atomic E-state index is 11.1. The summed E-state index contributed by atoms with van der Waals surface area (Å²) in [7, 11) is 0. The van der Waals surface area contributed by atoms with Crippen LogP contribution in [0.25, 0.3) is 11.3 Å². The number of nitrogens with zero attached hydrogens (tertiary/aromatic N) is 1. The molecule has 0 aliphatic carbocycles. The summed E-state index contributed by atoms with van der Waals surface area (Å²) in [5.74, 6) is -0.0704. The molecule has 0 saturated carbocycles. The Labute approximate surface area is 151 Å². The van der Waals surface area contributed by atoms with Crippen LogP contribution in [0.15, 0.2) is 54.6 Å². The van der Waals surface area contributed by atoms with Crippen LogP contribution in [0, 0.1) is 6.92 Å². The highest BCUT2D eigenvalue weighted by molar-refractivity contribution is 7.16. The molecule has 1 aromatic heterocycles. The number of carbonyl (C=O) groups is 1. The van der Waals surface area contributed by atoms with Crippen LogP contribution in [0.5, 0.6) is 0 Å². The third-order valence-electron chi connectivity index (χ3n) is 3.91. The predicted molar refractivity (Wildman–Crippen MR) is 105 cm³/mol. The lowest BCUT2D eigenvalue weighted by molar-refractivity contribution is -0.114. The van der Waals surface area contributed by atoms with E-state index >= 15 is 0 Å².